The van der Waals surface area contributed by atoms with Gasteiger partial charge in [0.15, 0.2) is 0 Å². The number of pyridine rings is 1. The maximum Gasteiger partial charge on any atom is 0.257 e. The average molecular weight is 458 g/mol. The second-order valence-electron chi connectivity index (χ2n) is 7.74. The summed E-state index contributed by atoms with van der Waals surface area (Å²) in [4.78, 5) is 17.3. The van der Waals surface area contributed by atoms with Gasteiger partial charge in [-0.15, -0.1) is 0 Å². The number of carbonyl (C=O) groups excluding carboxylic acids is 1. The molecule has 9 heteroatoms. The lowest BCUT2D eigenvalue weighted by atomic mass is 10.1. The van der Waals surface area contributed by atoms with Gasteiger partial charge < -0.3 is 10.1 Å². The predicted octanol–water partition coefficient (Wildman–Crippen LogP) is 4.12. The molecule has 0 unspecified atom stereocenters. The Hall–Kier alpha value is -3.04. The van der Waals surface area contributed by atoms with E-state index >= 15 is 0 Å². The monoisotopic (exact) mass is 457 g/mol. The first-order chi connectivity index (χ1) is 15.3. The van der Waals surface area contributed by atoms with E-state index in [0.29, 0.717) is 40.9 Å². The molecule has 0 atom stereocenters. The van der Waals surface area contributed by atoms with Crippen LogP contribution in [0.4, 0.5) is 10.1 Å². The number of hydrogen-bond acceptors (Lipinski definition) is 5. The summed E-state index contributed by atoms with van der Waals surface area (Å²) < 4.78 is 46.6. The summed E-state index contributed by atoms with van der Waals surface area (Å²) in [5.41, 5.74) is 1.54. The second-order valence-corrected chi connectivity index (χ2v) is 9.65. The van der Waals surface area contributed by atoms with Gasteiger partial charge in [0.2, 0.25) is 10.0 Å². The van der Waals surface area contributed by atoms with Crippen molar-refractivity contribution in [2.45, 2.75) is 31.1 Å². The Labute approximate surface area is 186 Å². The van der Waals surface area contributed by atoms with Crippen molar-refractivity contribution in [3.63, 3.8) is 0 Å². The summed E-state index contributed by atoms with van der Waals surface area (Å²) in [6, 6.07) is 10.4. The minimum atomic E-state index is -3.76. The molecule has 1 aliphatic rings. The van der Waals surface area contributed by atoms with Crippen LogP contribution < -0.4 is 10.1 Å². The number of methoxy groups -OCH3 is 1. The molecule has 1 fully saturated rings. The van der Waals surface area contributed by atoms with Gasteiger partial charge >= 0.3 is 0 Å². The van der Waals surface area contributed by atoms with Gasteiger partial charge in [-0.1, -0.05) is 6.42 Å². The second kappa shape index (κ2) is 8.84. The molecule has 0 radical (unpaired) electrons. The number of rotatable bonds is 5. The average Bonchev–Trinajstić information content (AvgIpc) is 2.79. The molecular formula is C23H24FN3O4S. The van der Waals surface area contributed by atoms with Gasteiger partial charge in [-0.25, -0.2) is 12.8 Å². The van der Waals surface area contributed by atoms with Crippen LogP contribution in [0, 0.1) is 12.7 Å². The fraction of sp³-hybridized carbons (Fsp3) is 0.304. The highest BCUT2D eigenvalue weighted by molar-refractivity contribution is 7.89. The molecule has 1 aliphatic heterocycles. The van der Waals surface area contributed by atoms with E-state index in [1.807, 2.05) is 0 Å². The Bertz CT molecular complexity index is 1290. The molecule has 1 N–H and O–H groups in total. The molecule has 32 heavy (non-hydrogen) atoms. The highest BCUT2D eigenvalue weighted by Crippen LogP contribution is 2.31. The quantitative estimate of drug-likeness (QED) is 0.623. The van der Waals surface area contributed by atoms with E-state index in [2.05, 4.69) is 10.3 Å². The smallest absolute Gasteiger partial charge is 0.257 e. The third-order valence-electron chi connectivity index (χ3n) is 5.57. The zero-order valence-electron chi connectivity index (χ0n) is 17.9. The maximum atomic E-state index is 13.5. The third kappa shape index (κ3) is 4.31. The lowest BCUT2D eigenvalue weighted by Crippen LogP contribution is -2.35. The lowest BCUT2D eigenvalue weighted by molar-refractivity contribution is 0.102. The highest BCUT2D eigenvalue weighted by atomic mass is 32.2. The van der Waals surface area contributed by atoms with E-state index in [1.165, 1.54) is 35.7 Å². The van der Waals surface area contributed by atoms with Crippen LogP contribution in [0.25, 0.3) is 10.9 Å². The minimum absolute atomic E-state index is 0.0172. The number of amides is 1. The van der Waals surface area contributed by atoms with Crippen LogP contribution in [0.15, 0.2) is 47.4 Å². The number of benzene rings is 2. The maximum absolute atomic E-state index is 13.5. The van der Waals surface area contributed by atoms with Crippen LogP contribution in [0.5, 0.6) is 5.75 Å². The van der Waals surface area contributed by atoms with Crippen LogP contribution in [0.1, 0.15) is 35.3 Å². The molecule has 0 bridgehead atoms. The number of anilines is 1. The predicted molar refractivity (Wildman–Crippen MR) is 120 cm³/mol. The molecule has 7 nitrogen and oxygen atoms in total. The number of ether oxygens (including phenoxy) is 1. The molecule has 1 amide bonds. The van der Waals surface area contributed by atoms with Crippen molar-refractivity contribution in [3.8, 4) is 5.75 Å². The molecule has 4 rings (SSSR count). The summed E-state index contributed by atoms with van der Waals surface area (Å²) >= 11 is 0. The number of fused-ring (bicyclic) bond motifs is 1. The molecule has 168 valence electrons. The van der Waals surface area contributed by atoms with E-state index in [9.17, 15) is 17.6 Å². The number of hydrogen-bond donors (Lipinski definition) is 1. The van der Waals surface area contributed by atoms with E-state index in [0.717, 1.165) is 19.3 Å². The number of aromatic nitrogens is 1. The molecule has 2 aromatic carbocycles. The van der Waals surface area contributed by atoms with Gasteiger partial charge in [-0.2, -0.15) is 4.31 Å². The first kappa shape index (κ1) is 22.2. The first-order valence-electron chi connectivity index (χ1n) is 10.4. The fourth-order valence-electron chi connectivity index (χ4n) is 3.87. The summed E-state index contributed by atoms with van der Waals surface area (Å²) in [6.07, 6.45) is 2.64. The van der Waals surface area contributed by atoms with Gasteiger partial charge in [-0.05, 0) is 56.2 Å². The molecule has 0 aliphatic carbocycles. The third-order valence-corrected chi connectivity index (χ3v) is 7.49. The van der Waals surface area contributed by atoms with Gasteiger partial charge in [0, 0.05) is 30.2 Å². The Kier molecular flexibility index (Phi) is 6.12. The zero-order chi connectivity index (χ0) is 22.9. The van der Waals surface area contributed by atoms with Gasteiger partial charge in [0.25, 0.3) is 5.91 Å². The normalized spacial score (nSPS) is 15.0. The number of carbonyl (C=O) groups is 1. The van der Waals surface area contributed by atoms with Crippen molar-refractivity contribution >= 4 is 32.5 Å². The molecule has 1 saturated heterocycles. The summed E-state index contributed by atoms with van der Waals surface area (Å²) in [6.45, 7) is 2.59. The topological polar surface area (TPSA) is 88.6 Å². The minimum Gasteiger partial charge on any atom is -0.495 e. The molecule has 1 aromatic heterocycles. The van der Waals surface area contributed by atoms with Gasteiger partial charge in [0.05, 0.1) is 23.9 Å². The van der Waals surface area contributed by atoms with Crippen LogP contribution in [-0.4, -0.2) is 43.8 Å². The number of sulfonamides is 1. The summed E-state index contributed by atoms with van der Waals surface area (Å²) in [5.74, 6) is -0.617. The SMILES string of the molecule is COc1ccc(NC(=O)c2cc3ccc(F)cc3nc2C)cc1S(=O)(=O)N1CCCCC1. The Balaban J connectivity index is 1.65. The lowest BCUT2D eigenvalue weighted by Gasteiger charge is -2.26. The number of nitrogens with zero attached hydrogens (tertiary/aromatic N) is 2. The van der Waals surface area contributed by atoms with Gasteiger partial charge in [0.1, 0.15) is 16.5 Å². The molecular weight excluding hydrogens is 433 g/mol. The molecule has 0 spiro atoms. The summed E-state index contributed by atoms with van der Waals surface area (Å²) in [7, 11) is -2.35. The zero-order valence-corrected chi connectivity index (χ0v) is 18.7. The standard InChI is InChI=1S/C23H24FN3O4S/c1-15-19(12-16-6-7-17(24)13-20(16)25-15)23(28)26-18-8-9-21(31-2)22(14-18)32(29,30)27-10-4-3-5-11-27/h6-9,12-14H,3-5,10-11H2,1-2H3,(H,26,28). The number of halogens is 1. The Morgan fingerprint density at radius 2 is 1.84 bits per heavy atom. The molecule has 3 aromatic rings. The summed E-state index contributed by atoms with van der Waals surface area (Å²) in [5, 5.41) is 3.38. The van der Waals surface area contributed by atoms with Crippen molar-refractivity contribution in [2.75, 3.05) is 25.5 Å². The molecule has 2 heterocycles. The number of piperidine rings is 1. The van der Waals surface area contributed by atoms with Crippen molar-refractivity contribution in [1.82, 2.24) is 9.29 Å². The van der Waals surface area contributed by atoms with E-state index in [-0.39, 0.29) is 10.6 Å². The van der Waals surface area contributed by atoms with Crippen LogP contribution in [-0.2, 0) is 10.0 Å². The van der Waals surface area contributed by atoms with Crippen molar-refractivity contribution in [2.24, 2.45) is 0 Å². The Morgan fingerprint density at radius 3 is 2.56 bits per heavy atom. The van der Waals surface area contributed by atoms with Crippen molar-refractivity contribution < 1.29 is 22.3 Å². The van der Waals surface area contributed by atoms with Crippen LogP contribution in [0.2, 0.25) is 0 Å². The Morgan fingerprint density at radius 1 is 1.09 bits per heavy atom. The van der Waals surface area contributed by atoms with Crippen molar-refractivity contribution in [3.05, 3.63) is 59.5 Å². The first-order valence-corrected chi connectivity index (χ1v) is 11.8. The highest BCUT2D eigenvalue weighted by Gasteiger charge is 2.29. The number of aryl methyl sites for hydroxylation is 1. The van der Waals surface area contributed by atoms with Gasteiger partial charge in [-0.3, -0.25) is 9.78 Å². The van der Waals surface area contributed by atoms with E-state index < -0.39 is 21.7 Å². The van der Waals surface area contributed by atoms with E-state index in [4.69, 9.17) is 4.74 Å². The number of nitrogens with one attached hydrogen (secondary N) is 1. The van der Waals surface area contributed by atoms with Crippen LogP contribution >= 0.6 is 0 Å². The van der Waals surface area contributed by atoms with Crippen LogP contribution in [0.3, 0.4) is 0 Å². The van der Waals surface area contributed by atoms with E-state index in [1.54, 1.807) is 25.1 Å². The largest absolute Gasteiger partial charge is 0.495 e. The fourth-order valence-corrected chi connectivity index (χ4v) is 5.56. The van der Waals surface area contributed by atoms with Crippen molar-refractivity contribution in [1.29, 1.82) is 0 Å². The molecule has 0 saturated carbocycles.